The third kappa shape index (κ3) is 5.01. The molecule has 1 saturated heterocycles. The summed E-state index contributed by atoms with van der Waals surface area (Å²) in [4.78, 5) is 36.2. The first-order chi connectivity index (χ1) is 15.7. The number of alkyl carbamates (subject to hydrolysis) is 1. The highest BCUT2D eigenvalue weighted by molar-refractivity contribution is 5.81. The van der Waals surface area contributed by atoms with Crippen LogP contribution in [-0.2, 0) is 19.1 Å². The number of carbonyl (C=O) groups is 3. The molecule has 0 saturated carbocycles. The van der Waals surface area contributed by atoms with Crippen LogP contribution in [0.2, 0.25) is 0 Å². The minimum atomic E-state index is -1.10. The SMILES string of the molecule is CC(C)(CC(=O)NC1CCOC1C(=O)O)NC(=O)OCC1c2ccccc2-c2ccccc21. The van der Waals surface area contributed by atoms with E-state index < -0.39 is 29.7 Å². The van der Waals surface area contributed by atoms with E-state index in [1.54, 1.807) is 13.8 Å². The molecule has 2 unspecified atom stereocenters. The van der Waals surface area contributed by atoms with Gasteiger partial charge in [-0.25, -0.2) is 9.59 Å². The molecule has 1 aliphatic heterocycles. The van der Waals surface area contributed by atoms with Gasteiger partial charge in [-0.3, -0.25) is 4.79 Å². The molecule has 8 heteroatoms. The maximum Gasteiger partial charge on any atom is 0.407 e. The van der Waals surface area contributed by atoms with Crippen LogP contribution in [0, 0.1) is 0 Å². The topological polar surface area (TPSA) is 114 Å². The van der Waals surface area contributed by atoms with Gasteiger partial charge in [0.2, 0.25) is 5.91 Å². The Hall–Kier alpha value is -3.39. The first kappa shape index (κ1) is 22.8. The van der Waals surface area contributed by atoms with E-state index in [0.717, 1.165) is 22.3 Å². The summed E-state index contributed by atoms with van der Waals surface area (Å²) in [6, 6.07) is 15.6. The predicted molar refractivity (Wildman–Crippen MR) is 121 cm³/mol. The molecule has 2 aromatic rings. The lowest BCUT2D eigenvalue weighted by atomic mass is 9.98. The summed E-state index contributed by atoms with van der Waals surface area (Å²) >= 11 is 0. The Labute approximate surface area is 192 Å². The highest BCUT2D eigenvalue weighted by atomic mass is 16.5. The fraction of sp³-hybridized carbons (Fsp3) is 0.400. The molecule has 2 aliphatic rings. The van der Waals surface area contributed by atoms with E-state index in [1.807, 2.05) is 36.4 Å². The lowest BCUT2D eigenvalue weighted by Crippen LogP contribution is -2.50. The predicted octanol–water partition coefficient (Wildman–Crippen LogP) is 3.05. The van der Waals surface area contributed by atoms with Crippen molar-refractivity contribution >= 4 is 18.0 Å². The standard InChI is InChI=1S/C25H28N2O6/c1-25(2,13-21(28)26-20-11-12-32-22(20)23(29)30)27-24(31)33-14-19-17-9-5-3-7-15(17)16-8-4-6-10-18(16)19/h3-10,19-20,22H,11-14H2,1-2H3,(H,26,28)(H,27,31)(H,29,30). The first-order valence-electron chi connectivity index (χ1n) is 11.0. The van der Waals surface area contributed by atoms with Crippen LogP contribution in [0.15, 0.2) is 48.5 Å². The maximum absolute atomic E-state index is 12.5. The monoisotopic (exact) mass is 452 g/mol. The van der Waals surface area contributed by atoms with Crippen LogP contribution in [0.5, 0.6) is 0 Å². The third-order valence-electron chi connectivity index (χ3n) is 6.07. The van der Waals surface area contributed by atoms with Gasteiger partial charge in [0.15, 0.2) is 6.10 Å². The van der Waals surface area contributed by atoms with Crippen LogP contribution in [0.3, 0.4) is 0 Å². The number of benzene rings is 2. The van der Waals surface area contributed by atoms with Crippen LogP contribution in [0.25, 0.3) is 11.1 Å². The molecule has 0 radical (unpaired) electrons. The number of fused-ring (bicyclic) bond motifs is 3. The second-order valence-electron chi connectivity index (χ2n) is 9.10. The molecular formula is C25H28N2O6. The van der Waals surface area contributed by atoms with Crippen molar-refractivity contribution in [1.82, 2.24) is 10.6 Å². The highest BCUT2D eigenvalue weighted by Crippen LogP contribution is 2.44. The Morgan fingerprint density at radius 3 is 2.27 bits per heavy atom. The summed E-state index contributed by atoms with van der Waals surface area (Å²) < 4.78 is 10.7. The number of hydrogen-bond acceptors (Lipinski definition) is 5. The van der Waals surface area contributed by atoms with Gasteiger partial charge < -0.3 is 25.2 Å². The zero-order valence-electron chi connectivity index (χ0n) is 18.7. The second-order valence-corrected chi connectivity index (χ2v) is 9.10. The number of ether oxygens (including phenoxy) is 2. The number of carboxylic acids is 1. The molecule has 174 valence electrons. The van der Waals surface area contributed by atoms with Crippen molar-refractivity contribution in [3.05, 3.63) is 59.7 Å². The van der Waals surface area contributed by atoms with Gasteiger partial charge in [-0.1, -0.05) is 48.5 Å². The Morgan fingerprint density at radius 1 is 1.06 bits per heavy atom. The highest BCUT2D eigenvalue weighted by Gasteiger charge is 2.36. The van der Waals surface area contributed by atoms with Crippen molar-refractivity contribution < 1.29 is 29.0 Å². The molecule has 2 aromatic carbocycles. The van der Waals surface area contributed by atoms with Crippen LogP contribution in [0.1, 0.15) is 43.7 Å². The Morgan fingerprint density at radius 2 is 1.67 bits per heavy atom. The molecule has 3 N–H and O–H groups in total. The quantitative estimate of drug-likeness (QED) is 0.595. The minimum absolute atomic E-state index is 0.0277. The van der Waals surface area contributed by atoms with Gasteiger partial charge in [-0.15, -0.1) is 0 Å². The number of nitrogens with one attached hydrogen (secondary N) is 2. The first-order valence-corrected chi connectivity index (χ1v) is 11.0. The van der Waals surface area contributed by atoms with E-state index in [9.17, 15) is 14.4 Å². The van der Waals surface area contributed by atoms with Crippen LogP contribution in [0.4, 0.5) is 4.79 Å². The van der Waals surface area contributed by atoms with Crippen LogP contribution in [-0.4, -0.2) is 54.0 Å². The lowest BCUT2D eigenvalue weighted by Gasteiger charge is -2.27. The molecule has 4 rings (SSSR count). The summed E-state index contributed by atoms with van der Waals surface area (Å²) in [5, 5.41) is 14.6. The van der Waals surface area contributed by atoms with Gasteiger partial charge in [0, 0.05) is 24.5 Å². The average molecular weight is 453 g/mol. The summed E-state index contributed by atoms with van der Waals surface area (Å²) in [7, 11) is 0. The molecule has 1 aliphatic carbocycles. The molecule has 0 aromatic heterocycles. The number of carboxylic acid groups (broad SMARTS) is 1. The van der Waals surface area contributed by atoms with E-state index in [0.29, 0.717) is 6.42 Å². The molecule has 2 atom stereocenters. The normalized spacial score (nSPS) is 19.5. The number of hydrogen-bond donors (Lipinski definition) is 3. The van der Waals surface area contributed by atoms with Gasteiger partial charge >= 0.3 is 12.1 Å². The zero-order valence-corrected chi connectivity index (χ0v) is 18.7. The number of aliphatic carboxylic acids is 1. The van der Waals surface area contributed by atoms with E-state index in [1.165, 1.54) is 0 Å². The summed E-state index contributed by atoms with van der Waals surface area (Å²) in [5.41, 5.74) is 3.66. The fourth-order valence-corrected chi connectivity index (χ4v) is 4.59. The van der Waals surface area contributed by atoms with Gasteiger partial charge in [0.1, 0.15) is 6.61 Å². The Balaban J connectivity index is 1.32. The maximum atomic E-state index is 12.5. The molecule has 8 nitrogen and oxygen atoms in total. The van der Waals surface area contributed by atoms with Crippen LogP contribution >= 0.6 is 0 Å². The molecule has 1 fully saturated rings. The van der Waals surface area contributed by atoms with E-state index >= 15 is 0 Å². The lowest BCUT2D eigenvalue weighted by molar-refractivity contribution is -0.148. The molecular weight excluding hydrogens is 424 g/mol. The molecule has 1 heterocycles. The molecule has 0 bridgehead atoms. The molecule has 2 amide bonds. The van der Waals surface area contributed by atoms with E-state index in [4.69, 9.17) is 14.6 Å². The second kappa shape index (κ2) is 9.23. The van der Waals surface area contributed by atoms with Gasteiger partial charge in [0.25, 0.3) is 0 Å². The summed E-state index contributed by atoms with van der Waals surface area (Å²) in [5.74, 6) is -1.51. The van der Waals surface area contributed by atoms with E-state index in [-0.39, 0.29) is 31.5 Å². The van der Waals surface area contributed by atoms with E-state index in [2.05, 4.69) is 22.8 Å². The van der Waals surface area contributed by atoms with Crippen molar-refractivity contribution in [2.75, 3.05) is 13.2 Å². The van der Waals surface area contributed by atoms with Crippen LogP contribution < -0.4 is 10.6 Å². The number of amides is 2. The summed E-state index contributed by atoms with van der Waals surface area (Å²) in [6.07, 6.45) is -1.25. The van der Waals surface area contributed by atoms with Crippen molar-refractivity contribution in [2.45, 2.75) is 50.3 Å². The van der Waals surface area contributed by atoms with Crippen molar-refractivity contribution in [3.8, 4) is 11.1 Å². The summed E-state index contributed by atoms with van der Waals surface area (Å²) in [6.45, 7) is 3.90. The largest absolute Gasteiger partial charge is 0.479 e. The number of carbonyl (C=O) groups excluding carboxylic acids is 2. The van der Waals surface area contributed by atoms with Crippen molar-refractivity contribution in [3.63, 3.8) is 0 Å². The molecule has 33 heavy (non-hydrogen) atoms. The van der Waals surface area contributed by atoms with Gasteiger partial charge in [-0.05, 0) is 42.5 Å². The fourth-order valence-electron chi connectivity index (χ4n) is 4.59. The third-order valence-corrected chi connectivity index (χ3v) is 6.07. The Kier molecular flexibility index (Phi) is 6.37. The zero-order chi connectivity index (χ0) is 23.6. The number of rotatable bonds is 7. The molecule has 0 spiro atoms. The van der Waals surface area contributed by atoms with Crippen molar-refractivity contribution in [2.24, 2.45) is 0 Å². The minimum Gasteiger partial charge on any atom is -0.479 e. The average Bonchev–Trinajstić information content (AvgIpc) is 3.34. The Bertz CT molecular complexity index is 1020. The van der Waals surface area contributed by atoms with Crippen molar-refractivity contribution in [1.29, 1.82) is 0 Å². The van der Waals surface area contributed by atoms with Gasteiger partial charge in [-0.2, -0.15) is 0 Å². The van der Waals surface area contributed by atoms with Gasteiger partial charge in [0.05, 0.1) is 6.04 Å². The smallest absolute Gasteiger partial charge is 0.407 e.